The Morgan fingerprint density at radius 1 is 0.400 bits per heavy atom. The smallest absolute Gasteiger partial charge is 0.0622 e. The molecule has 9 aromatic carbocycles. The van der Waals surface area contributed by atoms with E-state index in [0.717, 1.165) is 32.3 Å². The minimum absolute atomic E-state index is 0.00728. The Hall–Kier alpha value is -5.20. The van der Waals surface area contributed by atoms with E-state index in [2.05, 4.69) is 6.07 Å². The van der Waals surface area contributed by atoms with Crippen LogP contribution in [0.15, 0.2) is 145 Å². The molecule has 0 nitrogen and oxygen atoms in total. The van der Waals surface area contributed by atoms with Gasteiger partial charge in [-0.25, -0.2) is 0 Å². The lowest BCUT2D eigenvalue weighted by Crippen LogP contribution is -1.91. The fourth-order valence-electron chi connectivity index (χ4n) is 5.96. The molecular weight excluding hydrogens is 480 g/mol. The molecule has 0 spiro atoms. The van der Waals surface area contributed by atoms with E-state index in [1.807, 2.05) is 60.7 Å². The molecule has 0 aliphatic rings. The molecule has 0 atom stereocenters. The second kappa shape index (κ2) is 8.15. The Balaban J connectivity index is 1.56. The Bertz CT molecular complexity index is 3100. The molecule has 0 N–H and O–H groups in total. The summed E-state index contributed by atoms with van der Waals surface area (Å²) >= 11 is 0. The zero-order chi connectivity index (χ0) is 37.5. The quantitative estimate of drug-likeness (QED) is 0.158. The van der Waals surface area contributed by atoms with Crippen LogP contribution in [-0.4, -0.2) is 0 Å². The van der Waals surface area contributed by atoms with E-state index in [1.54, 1.807) is 0 Å². The van der Waals surface area contributed by atoms with Crippen molar-refractivity contribution in [2.45, 2.75) is 0 Å². The average molecular weight is 518 g/mol. The highest BCUT2D eigenvalue weighted by atomic mass is 14.2. The van der Waals surface area contributed by atoms with Crippen molar-refractivity contribution in [3.05, 3.63) is 145 Å². The predicted octanol–water partition coefficient (Wildman–Crippen LogP) is 11.4. The summed E-state index contributed by atoms with van der Waals surface area (Å²) in [6, 6.07) is 14.2. The number of rotatable bonds is 2. The molecule has 0 saturated carbocycles. The first-order valence-electron chi connectivity index (χ1n) is 19.4. The molecule has 0 fully saturated rings. The molecule has 40 heavy (non-hydrogen) atoms. The van der Waals surface area contributed by atoms with Crippen molar-refractivity contribution in [2.75, 3.05) is 0 Å². The lowest BCUT2D eigenvalue weighted by molar-refractivity contribution is 1.66. The molecule has 0 radical (unpaired) electrons. The van der Waals surface area contributed by atoms with Crippen LogP contribution in [0.4, 0.5) is 0 Å². The third kappa shape index (κ3) is 3.02. The molecule has 0 unspecified atom stereocenters. The summed E-state index contributed by atoms with van der Waals surface area (Å²) in [6.07, 6.45) is 0. The second-order valence-corrected chi connectivity index (χ2v) is 9.85. The van der Waals surface area contributed by atoms with Crippen LogP contribution >= 0.6 is 0 Å². The highest BCUT2D eigenvalue weighted by Gasteiger charge is 2.17. The Kier molecular flexibility index (Phi) is 2.60. The van der Waals surface area contributed by atoms with Gasteiger partial charge in [0.25, 0.3) is 0 Å². The van der Waals surface area contributed by atoms with Gasteiger partial charge in [-0.3, -0.25) is 0 Å². The molecule has 9 rings (SSSR count). The van der Waals surface area contributed by atoms with Gasteiger partial charge in [0, 0.05) is 0 Å². The summed E-state index contributed by atoms with van der Waals surface area (Å²) in [5, 5.41) is 4.69. The van der Waals surface area contributed by atoms with Crippen LogP contribution in [0.5, 0.6) is 0 Å². The zero-order valence-electron chi connectivity index (χ0n) is 33.9. The monoisotopic (exact) mass is 517 g/mol. The van der Waals surface area contributed by atoms with Crippen molar-refractivity contribution in [1.82, 2.24) is 0 Å². The number of hydrogen-bond acceptors (Lipinski definition) is 0. The first-order valence-corrected chi connectivity index (χ1v) is 12.9. The molecule has 0 heteroatoms. The summed E-state index contributed by atoms with van der Waals surface area (Å²) < 4.78 is 117. The highest BCUT2D eigenvalue weighted by molar-refractivity contribution is 6.29. The van der Waals surface area contributed by atoms with E-state index >= 15 is 0 Å². The normalized spacial score (nSPS) is 16.6. The largest absolute Gasteiger partial charge is 0.0636 e. The molecule has 9 aromatic rings. The molecule has 184 valence electrons. The van der Waals surface area contributed by atoms with Crippen LogP contribution in [0.1, 0.15) is 17.8 Å². The van der Waals surface area contributed by atoms with Crippen molar-refractivity contribution in [3.63, 3.8) is 0 Å². The summed E-state index contributed by atoms with van der Waals surface area (Å²) in [5.41, 5.74) is -0.166. The maximum absolute atomic E-state index is 9.54. The SMILES string of the molecule is [2H]c1c([2H])c([2H])c(-c2c([2H])c3c([2H])c([2H])c4c([2H])c([2H])c(-c5c6ccccc6cc6c5ccc5ccccc56)c5c([2H])c([2H])c(c2[2H])c3c45)c([2H])c1[2H]. The van der Waals surface area contributed by atoms with Crippen LogP contribution in [-0.2, 0) is 0 Å². The van der Waals surface area contributed by atoms with Crippen molar-refractivity contribution in [1.29, 1.82) is 0 Å². The molecule has 0 aliphatic heterocycles. The third-order valence-electron chi connectivity index (χ3n) is 7.71. The van der Waals surface area contributed by atoms with Crippen molar-refractivity contribution in [2.24, 2.45) is 0 Å². The molecule has 0 amide bonds. The lowest BCUT2D eigenvalue weighted by atomic mass is 9.85. The van der Waals surface area contributed by atoms with Gasteiger partial charge in [-0.05, 0) is 105 Å². The van der Waals surface area contributed by atoms with Gasteiger partial charge < -0.3 is 0 Å². The van der Waals surface area contributed by atoms with Crippen LogP contribution in [0.3, 0.4) is 0 Å². The van der Waals surface area contributed by atoms with Gasteiger partial charge in [-0.1, -0.05) is 127 Å². The van der Waals surface area contributed by atoms with Gasteiger partial charge in [-0.15, -0.1) is 0 Å². The van der Waals surface area contributed by atoms with Gasteiger partial charge in [-0.2, -0.15) is 0 Å². The Morgan fingerprint density at radius 3 is 1.95 bits per heavy atom. The topological polar surface area (TPSA) is 0 Å². The first-order chi connectivity index (χ1) is 25.3. The van der Waals surface area contributed by atoms with Crippen LogP contribution in [0.2, 0.25) is 0 Å². The Morgan fingerprint density at radius 2 is 1.10 bits per heavy atom. The minimum Gasteiger partial charge on any atom is -0.0622 e. The van der Waals surface area contributed by atoms with E-state index in [-0.39, 0.29) is 50.0 Å². The van der Waals surface area contributed by atoms with Gasteiger partial charge >= 0.3 is 0 Å². The summed E-state index contributed by atoms with van der Waals surface area (Å²) in [7, 11) is 0. The summed E-state index contributed by atoms with van der Waals surface area (Å²) in [5.74, 6) is 0. The van der Waals surface area contributed by atoms with Gasteiger partial charge in [0.05, 0.1) is 17.8 Å². The second-order valence-electron chi connectivity index (χ2n) is 9.85. The summed E-state index contributed by atoms with van der Waals surface area (Å²) in [6.45, 7) is 0. The fourth-order valence-corrected chi connectivity index (χ4v) is 5.96. The highest BCUT2D eigenvalue weighted by Crippen LogP contribution is 2.45. The molecule has 0 saturated heterocycles. The molecule has 0 aromatic heterocycles. The van der Waals surface area contributed by atoms with Gasteiger partial charge in [0.2, 0.25) is 0 Å². The average Bonchev–Trinajstić information content (AvgIpc) is 3.15. The summed E-state index contributed by atoms with van der Waals surface area (Å²) in [4.78, 5) is 0. The molecule has 0 aliphatic carbocycles. The Labute approximate surface area is 250 Å². The molecule has 0 heterocycles. The zero-order valence-corrected chi connectivity index (χ0v) is 20.9. The van der Waals surface area contributed by atoms with Crippen molar-refractivity contribution < 1.29 is 17.8 Å². The van der Waals surface area contributed by atoms with E-state index < -0.39 is 77.6 Å². The maximum atomic E-state index is 9.54. The van der Waals surface area contributed by atoms with Crippen LogP contribution in [0.25, 0.3) is 86.9 Å². The predicted molar refractivity (Wildman–Crippen MR) is 174 cm³/mol. The van der Waals surface area contributed by atoms with Crippen molar-refractivity contribution in [3.8, 4) is 22.3 Å². The maximum Gasteiger partial charge on any atom is 0.0636 e. The molecular formula is C40H24. The fraction of sp³-hybridized carbons (Fsp3) is 0. The van der Waals surface area contributed by atoms with E-state index in [1.165, 1.54) is 0 Å². The van der Waals surface area contributed by atoms with Crippen molar-refractivity contribution >= 4 is 64.6 Å². The standard InChI is InChI=1S/C40H24/c1-2-8-25(9-3-1)31-22-29-15-14-27-17-20-35(34-21-18-30(23-31)38(29)39(27)34)40-33-13-7-5-11-28(33)24-37-32-12-6-4-10-26(32)16-19-36(37)40/h1-24H/i1D,2D,3D,8D,9D,14D,15D,17D,18D,20D,21D,22D,23D. The van der Waals surface area contributed by atoms with Crippen LogP contribution < -0.4 is 0 Å². The van der Waals surface area contributed by atoms with Gasteiger partial charge in [0.1, 0.15) is 0 Å². The molecule has 0 bridgehead atoms. The van der Waals surface area contributed by atoms with E-state index in [0.29, 0.717) is 5.56 Å². The van der Waals surface area contributed by atoms with E-state index in [9.17, 15) is 8.22 Å². The van der Waals surface area contributed by atoms with Gasteiger partial charge in [0.15, 0.2) is 0 Å². The third-order valence-corrected chi connectivity index (χ3v) is 7.71. The minimum atomic E-state index is -0.689. The number of fused-ring (bicyclic) bond motifs is 4. The number of hydrogen-bond donors (Lipinski definition) is 0. The van der Waals surface area contributed by atoms with Crippen LogP contribution in [0, 0.1) is 0 Å². The number of benzene rings is 9. The lowest BCUT2D eigenvalue weighted by Gasteiger charge is -2.18. The first kappa shape index (κ1) is 12.8. The van der Waals surface area contributed by atoms with E-state index in [4.69, 9.17) is 9.60 Å².